The molecule has 0 atom stereocenters. The van der Waals surface area contributed by atoms with Crippen molar-refractivity contribution in [1.29, 1.82) is 5.26 Å². The first kappa shape index (κ1) is 15.0. The number of hydrogen-bond donors (Lipinski definition) is 2. The first-order valence-electron chi connectivity index (χ1n) is 5.40. The summed E-state index contributed by atoms with van der Waals surface area (Å²) in [6.07, 6.45) is 0.995. The van der Waals surface area contributed by atoms with Crippen LogP contribution >= 0.6 is 0 Å². The van der Waals surface area contributed by atoms with Gasteiger partial charge in [0.1, 0.15) is 4.75 Å². The molecule has 102 valence electrons. The molecule has 0 aliphatic heterocycles. The summed E-state index contributed by atoms with van der Waals surface area (Å²) in [6.45, 7) is 2.63. The maximum Gasteiger partial charge on any atom is 0.245 e. The van der Waals surface area contributed by atoms with Crippen molar-refractivity contribution in [3.8, 4) is 6.07 Å². The number of carbonyl (C=O) groups is 1. The number of nitrogens with one attached hydrogen (secondary N) is 1. The van der Waals surface area contributed by atoms with E-state index in [0.717, 1.165) is 6.26 Å². The molecule has 0 heterocycles. The van der Waals surface area contributed by atoms with Gasteiger partial charge in [-0.15, -0.1) is 0 Å². The Balaban J connectivity index is 3.05. The van der Waals surface area contributed by atoms with Crippen LogP contribution in [0.2, 0.25) is 0 Å². The Kier molecular flexibility index (Phi) is 3.86. The van der Waals surface area contributed by atoms with Crippen LogP contribution in [0, 0.1) is 11.3 Å². The van der Waals surface area contributed by atoms with Crippen LogP contribution in [-0.4, -0.2) is 25.3 Å². The molecule has 0 aromatic heterocycles. The van der Waals surface area contributed by atoms with Gasteiger partial charge in [0, 0.05) is 6.26 Å². The quantitative estimate of drug-likeness (QED) is 0.799. The molecule has 0 aliphatic rings. The molecule has 0 spiro atoms. The zero-order valence-corrected chi connectivity index (χ0v) is 11.7. The Morgan fingerprint density at radius 3 is 2.42 bits per heavy atom. The van der Waals surface area contributed by atoms with E-state index in [1.807, 2.05) is 6.07 Å². The molecule has 1 aromatic carbocycles. The second-order valence-electron chi connectivity index (χ2n) is 4.65. The lowest BCUT2D eigenvalue weighted by molar-refractivity contribution is -0.117. The van der Waals surface area contributed by atoms with E-state index < -0.39 is 20.5 Å². The average molecular weight is 281 g/mol. The summed E-state index contributed by atoms with van der Waals surface area (Å²) in [5.41, 5.74) is 6.53. The number of anilines is 2. The lowest BCUT2D eigenvalue weighted by Crippen LogP contribution is -2.43. The minimum atomic E-state index is -3.55. The van der Waals surface area contributed by atoms with Crippen LogP contribution in [0.3, 0.4) is 0 Å². The van der Waals surface area contributed by atoms with Crippen molar-refractivity contribution >= 4 is 27.1 Å². The molecule has 0 unspecified atom stereocenters. The lowest BCUT2D eigenvalue weighted by atomic mass is 10.1. The van der Waals surface area contributed by atoms with Crippen molar-refractivity contribution in [2.24, 2.45) is 0 Å². The predicted octanol–water partition coefficient (Wildman–Crippen LogP) is 0.902. The van der Waals surface area contributed by atoms with E-state index in [1.54, 1.807) is 0 Å². The van der Waals surface area contributed by atoms with Crippen molar-refractivity contribution in [3.05, 3.63) is 23.8 Å². The van der Waals surface area contributed by atoms with Gasteiger partial charge in [-0.3, -0.25) is 4.79 Å². The number of sulfone groups is 1. The number of amides is 1. The molecule has 1 rings (SSSR count). The minimum Gasteiger partial charge on any atom is -0.397 e. The van der Waals surface area contributed by atoms with Crippen molar-refractivity contribution < 1.29 is 13.2 Å². The topological polar surface area (TPSA) is 113 Å². The summed E-state index contributed by atoms with van der Waals surface area (Å²) in [5.74, 6) is -0.675. The molecule has 0 saturated carbocycles. The summed E-state index contributed by atoms with van der Waals surface area (Å²) in [5, 5.41) is 11.2. The monoisotopic (exact) mass is 281 g/mol. The zero-order valence-electron chi connectivity index (χ0n) is 10.9. The fourth-order valence-electron chi connectivity index (χ4n) is 1.19. The zero-order chi connectivity index (χ0) is 14.8. The highest BCUT2D eigenvalue weighted by atomic mass is 32.2. The first-order valence-corrected chi connectivity index (χ1v) is 7.29. The number of hydrogen-bond acceptors (Lipinski definition) is 5. The Hall–Kier alpha value is -2.07. The predicted molar refractivity (Wildman–Crippen MR) is 73.1 cm³/mol. The van der Waals surface area contributed by atoms with Gasteiger partial charge in [-0.2, -0.15) is 5.26 Å². The number of carbonyl (C=O) groups excluding carboxylic acids is 1. The summed E-state index contributed by atoms with van der Waals surface area (Å²) in [7, 11) is -3.55. The van der Waals surface area contributed by atoms with E-state index in [9.17, 15) is 13.2 Å². The van der Waals surface area contributed by atoms with Gasteiger partial charge in [-0.25, -0.2) is 8.42 Å². The highest BCUT2D eigenvalue weighted by Gasteiger charge is 2.38. The molecule has 0 fully saturated rings. The van der Waals surface area contributed by atoms with E-state index >= 15 is 0 Å². The van der Waals surface area contributed by atoms with Crippen LogP contribution in [0.15, 0.2) is 18.2 Å². The van der Waals surface area contributed by atoms with Crippen molar-refractivity contribution in [2.45, 2.75) is 18.6 Å². The summed E-state index contributed by atoms with van der Waals surface area (Å²) in [4.78, 5) is 12.0. The average Bonchev–Trinajstić information content (AvgIpc) is 2.30. The number of benzene rings is 1. The third-order valence-corrected chi connectivity index (χ3v) is 4.94. The van der Waals surface area contributed by atoms with Gasteiger partial charge in [-0.1, -0.05) is 0 Å². The summed E-state index contributed by atoms with van der Waals surface area (Å²) >= 11 is 0. The first-order chi connectivity index (χ1) is 8.59. The van der Waals surface area contributed by atoms with E-state index in [2.05, 4.69) is 5.32 Å². The van der Waals surface area contributed by atoms with E-state index in [0.29, 0.717) is 5.56 Å². The van der Waals surface area contributed by atoms with Gasteiger partial charge in [0.15, 0.2) is 9.84 Å². The molecule has 6 nitrogen and oxygen atoms in total. The molecule has 19 heavy (non-hydrogen) atoms. The van der Waals surface area contributed by atoms with Gasteiger partial charge in [0.05, 0.1) is 23.0 Å². The van der Waals surface area contributed by atoms with Crippen LogP contribution in [0.4, 0.5) is 11.4 Å². The molecule has 1 amide bonds. The molecular formula is C12H15N3O3S. The van der Waals surface area contributed by atoms with Gasteiger partial charge in [-0.05, 0) is 32.0 Å². The number of nitrogens with two attached hydrogens (primary N) is 1. The second kappa shape index (κ2) is 4.90. The van der Waals surface area contributed by atoms with Crippen LogP contribution in [0.1, 0.15) is 19.4 Å². The summed E-state index contributed by atoms with van der Waals surface area (Å²) < 4.78 is 21.5. The molecular weight excluding hydrogens is 266 g/mol. The third-order valence-electron chi connectivity index (χ3n) is 2.90. The molecule has 0 radical (unpaired) electrons. The SMILES string of the molecule is CC(C)(C(=O)Nc1ccc(C#N)cc1N)S(C)(=O)=O. The van der Waals surface area contributed by atoms with Crippen molar-refractivity contribution in [2.75, 3.05) is 17.3 Å². The van der Waals surface area contributed by atoms with Crippen molar-refractivity contribution in [1.82, 2.24) is 0 Å². The van der Waals surface area contributed by atoms with Gasteiger partial charge in [0.2, 0.25) is 5.91 Å². The number of nitrogens with zero attached hydrogens (tertiary/aromatic N) is 1. The van der Waals surface area contributed by atoms with Gasteiger partial charge < -0.3 is 11.1 Å². The molecule has 0 saturated heterocycles. The lowest BCUT2D eigenvalue weighted by Gasteiger charge is -2.21. The standard InChI is InChI=1S/C12H15N3O3S/c1-12(2,19(3,17)18)11(16)15-10-5-4-8(7-13)6-9(10)14/h4-6H,14H2,1-3H3,(H,15,16). The normalized spacial score (nSPS) is 11.7. The maximum absolute atomic E-state index is 12.0. The molecule has 0 bridgehead atoms. The Morgan fingerprint density at radius 2 is 2.00 bits per heavy atom. The molecule has 7 heteroatoms. The van der Waals surface area contributed by atoms with Gasteiger partial charge >= 0.3 is 0 Å². The number of nitriles is 1. The third kappa shape index (κ3) is 3.03. The second-order valence-corrected chi connectivity index (χ2v) is 7.22. The van der Waals surface area contributed by atoms with Crippen molar-refractivity contribution in [3.63, 3.8) is 0 Å². The Labute approximate surface area is 112 Å². The molecule has 3 N–H and O–H groups in total. The Bertz CT molecular complexity index is 657. The van der Waals surface area contributed by atoms with E-state index in [4.69, 9.17) is 11.0 Å². The highest BCUT2D eigenvalue weighted by Crippen LogP contribution is 2.23. The van der Waals surface area contributed by atoms with Crippen LogP contribution in [0.25, 0.3) is 0 Å². The number of rotatable bonds is 3. The smallest absolute Gasteiger partial charge is 0.245 e. The van der Waals surface area contributed by atoms with Crippen LogP contribution in [0.5, 0.6) is 0 Å². The largest absolute Gasteiger partial charge is 0.397 e. The number of nitrogen functional groups attached to an aromatic ring is 1. The minimum absolute atomic E-state index is 0.205. The highest BCUT2D eigenvalue weighted by molar-refractivity contribution is 7.92. The van der Waals surface area contributed by atoms with Gasteiger partial charge in [0.25, 0.3) is 0 Å². The van der Waals surface area contributed by atoms with E-state index in [-0.39, 0.29) is 11.4 Å². The maximum atomic E-state index is 12.0. The fraction of sp³-hybridized carbons (Fsp3) is 0.333. The molecule has 1 aromatic rings. The summed E-state index contributed by atoms with van der Waals surface area (Å²) in [6, 6.07) is 6.27. The fourth-order valence-corrected chi connectivity index (χ4v) is 1.58. The van der Waals surface area contributed by atoms with Crippen LogP contribution in [-0.2, 0) is 14.6 Å². The Morgan fingerprint density at radius 1 is 1.42 bits per heavy atom. The van der Waals surface area contributed by atoms with Crippen LogP contribution < -0.4 is 11.1 Å². The molecule has 0 aliphatic carbocycles. The van der Waals surface area contributed by atoms with E-state index in [1.165, 1.54) is 32.0 Å².